The summed E-state index contributed by atoms with van der Waals surface area (Å²) in [6.07, 6.45) is 2.68. The number of carbonyl (C=O) groups excluding carboxylic acids is 2. The van der Waals surface area contributed by atoms with Crippen molar-refractivity contribution in [3.8, 4) is 0 Å². The standard InChI is InChI=1S/C13H24O2/c1-6-10(11(14)7-2)9-13(4,5)12(15)8-3/h10H,6-9H2,1-5H3. The molecule has 0 heterocycles. The van der Waals surface area contributed by atoms with Gasteiger partial charge in [-0.05, 0) is 12.8 Å². The first-order chi connectivity index (χ1) is 6.88. The summed E-state index contributed by atoms with van der Waals surface area (Å²) in [6.45, 7) is 9.69. The third-order valence-corrected chi connectivity index (χ3v) is 3.13. The summed E-state index contributed by atoms with van der Waals surface area (Å²) in [5.41, 5.74) is -0.347. The zero-order valence-corrected chi connectivity index (χ0v) is 10.7. The Bertz CT molecular complexity index is 229. The molecule has 0 aromatic heterocycles. The molecule has 2 heteroatoms. The summed E-state index contributed by atoms with van der Waals surface area (Å²) >= 11 is 0. The first kappa shape index (κ1) is 14.3. The van der Waals surface area contributed by atoms with E-state index in [1.54, 1.807) is 0 Å². The van der Waals surface area contributed by atoms with Crippen LogP contribution in [0, 0.1) is 11.3 Å². The van der Waals surface area contributed by atoms with Gasteiger partial charge in [0.05, 0.1) is 0 Å². The molecule has 1 atom stereocenters. The van der Waals surface area contributed by atoms with Gasteiger partial charge >= 0.3 is 0 Å². The predicted molar refractivity (Wildman–Crippen MR) is 62.8 cm³/mol. The van der Waals surface area contributed by atoms with Gasteiger partial charge in [-0.1, -0.05) is 34.6 Å². The number of Topliss-reactive ketones (excluding diaryl/α,β-unsaturated/α-hetero) is 2. The Morgan fingerprint density at radius 3 is 1.93 bits per heavy atom. The summed E-state index contributed by atoms with van der Waals surface area (Å²) < 4.78 is 0. The lowest BCUT2D eigenvalue weighted by molar-refractivity contribution is -0.129. The summed E-state index contributed by atoms with van der Waals surface area (Å²) in [5, 5.41) is 0. The fraction of sp³-hybridized carbons (Fsp3) is 0.846. The van der Waals surface area contributed by atoms with Crippen molar-refractivity contribution in [3.63, 3.8) is 0 Å². The van der Waals surface area contributed by atoms with Crippen LogP contribution in [0.1, 0.15) is 60.3 Å². The van der Waals surface area contributed by atoms with E-state index in [2.05, 4.69) is 0 Å². The van der Waals surface area contributed by atoms with E-state index < -0.39 is 0 Å². The Morgan fingerprint density at radius 2 is 1.60 bits per heavy atom. The van der Waals surface area contributed by atoms with Crippen molar-refractivity contribution in [3.05, 3.63) is 0 Å². The second-order valence-corrected chi connectivity index (χ2v) is 4.79. The average molecular weight is 212 g/mol. The van der Waals surface area contributed by atoms with Gasteiger partial charge in [0, 0.05) is 24.2 Å². The molecule has 0 bridgehead atoms. The molecular formula is C13H24O2. The van der Waals surface area contributed by atoms with E-state index in [4.69, 9.17) is 0 Å². The van der Waals surface area contributed by atoms with Gasteiger partial charge < -0.3 is 0 Å². The minimum atomic E-state index is -0.347. The highest BCUT2D eigenvalue weighted by atomic mass is 16.1. The minimum absolute atomic E-state index is 0.0560. The molecule has 2 nitrogen and oxygen atoms in total. The molecule has 0 rings (SSSR count). The Hall–Kier alpha value is -0.660. The summed E-state index contributed by atoms with van der Waals surface area (Å²) in [4.78, 5) is 23.3. The van der Waals surface area contributed by atoms with Crippen molar-refractivity contribution in [2.75, 3.05) is 0 Å². The molecule has 0 aliphatic rings. The van der Waals surface area contributed by atoms with E-state index in [0.29, 0.717) is 19.3 Å². The van der Waals surface area contributed by atoms with Crippen LogP contribution in [0.3, 0.4) is 0 Å². The molecule has 0 saturated carbocycles. The van der Waals surface area contributed by atoms with E-state index in [-0.39, 0.29) is 22.9 Å². The lowest BCUT2D eigenvalue weighted by Crippen LogP contribution is -2.29. The molecule has 0 spiro atoms. The van der Waals surface area contributed by atoms with E-state index in [1.807, 2.05) is 34.6 Å². The van der Waals surface area contributed by atoms with Gasteiger partial charge in [-0.25, -0.2) is 0 Å². The molecule has 0 aromatic rings. The largest absolute Gasteiger partial charge is 0.299 e. The fourth-order valence-corrected chi connectivity index (χ4v) is 1.98. The second-order valence-electron chi connectivity index (χ2n) is 4.79. The van der Waals surface area contributed by atoms with Crippen LogP contribution in [0.25, 0.3) is 0 Å². The topological polar surface area (TPSA) is 34.1 Å². The zero-order valence-electron chi connectivity index (χ0n) is 10.7. The van der Waals surface area contributed by atoms with Crippen LogP contribution in [0.2, 0.25) is 0 Å². The monoisotopic (exact) mass is 212 g/mol. The van der Waals surface area contributed by atoms with E-state index >= 15 is 0 Å². The number of ketones is 2. The maximum Gasteiger partial charge on any atom is 0.138 e. The number of rotatable bonds is 7. The fourth-order valence-electron chi connectivity index (χ4n) is 1.98. The number of hydrogen-bond acceptors (Lipinski definition) is 2. The second kappa shape index (κ2) is 6.04. The van der Waals surface area contributed by atoms with E-state index in [0.717, 1.165) is 6.42 Å². The molecule has 1 unspecified atom stereocenters. The van der Waals surface area contributed by atoms with Gasteiger partial charge in [-0.3, -0.25) is 9.59 Å². The molecule has 0 N–H and O–H groups in total. The molecule has 15 heavy (non-hydrogen) atoms. The first-order valence-electron chi connectivity index (χ1n) is 5.95. The van der Waals surface area contributed by atoms with Gasteiger partial charge in [0.25, 0.3) is 0 Å². The van der Waals surface area contributed by atoms with E-state index in [1.165, 1.54) is 0 Å². The van der Waals surface area contributed by atoms with Crippen molar-refractivity contribution >= 4 is 11.6 Å². The summed E-state index contributed by atoms with van der Waals surface area (Å²) in [7, 11) is 0. The molecule has 88 valence electrons. The van der Waals surface area contributed by atoms with Crippen molar-refractivity contribution < 1.29 is 9.59 Å². The molecule has 0 radical (unpaired) electrons. The molecule has 0 saturated heterocycles. The molecule has 0 amide bonds. The number of carbonyl (C=O) groups is 2. The Labute approximate surface area is 93.4 Å². The Balaban J connectivity index is 4.53. The molecule has 0 aromatic carbocycles. The van der Waals surface area contributed by atoms with Gasteiger partial charge in [0.15, 0.2) is 0 Å². The van der Waals surface area contributed by atoms with Gasteiger partial charge in [-0.2, -0.15) is 0 Å². The van der Waals surface area contributed by atoms with Crippen molar-refractivity contribution in [2.24, 2.45) is 11.3 Å². The van der Waals surface area contributed by atoms with Crippen molar-refractivity contribution in [1.82, 2.24) is 0 Å². The predicted octanol–water partition coefficient (Wildman–Crippen LogP) is 3.39. The lowest BCUT2D eigenvalue weighted by atomic mass is 9.76. The van der Waals surface area contributed by atoms with Crippen molar-refractivity contribution in [1.29, 1.82) is 0 Å². The smallest absolute Gasteiger partial charge is 0.138 e. The highest BCUT2D eigenvalue weighted by Gasteiger charge is 2.30. The van der Waals surface area contributed by atoms with Gasteiger partial charge in [0.1, 0.15) is 11.6 Å². The lowest BCUT2D eigenvalue weighted by Gasteiger charge is -2.26. The zero-order chi connectivity index (χ0) is 12.1. The summed E-state index contributed by atoms with van der Waals surface area (Å²) in [6, 6.07) is 0. The average Bonchev–Trinajstić information content (AvgIpc) is 2.23. The first-order valence-corrected chi connectivity index (χ1v) is 5.95. The maximum absolute atomic E-state index is 11.7. The van der Waals surface area contributed by atoms with Gasteiger partial charge in [-0.15, -0.1) is 0 Å². The summed E-state index contributed by atoms with van der Waals surface area (Å²) in [5.74, 6) is 0.597. The molecule has 0 fully saturated rings. The van der Waals surface area contributed by atoms with Crippen molar-refractivity contribution in [2.45, 2.75) is 60.3 Å². The van der Waals surface area contributed by atoms with Gasteiger partial charge in [0.2, 0.25) is 0 Å². The van der Waals surface area contributed by atoms with Crippen LogP contribution < -0.4 is 0 Å². The van der Waals surface area contributed by atoms with Crippen LogP contribution in [0.5, 0.6) is 0 Å². The quantitative estimate of drug-likeness (QED) is 0.648. The van der Waals surface area contributed by atoms with Crippen LogP contribution in [-0.2, 0) is 9.59 Å². The van der Waals surface area contributed by atoms with Crippen LogP contribution in [-0.4, -0.2) is 11.6 Å². The Morgan fingerprint density at radius 1 is 1.07 bits per heavy atom. The maximum atomic E-state index is 11.7. The third-order valence-electron chi connectivity index (χ3n) is 3.13. The highest BCUT2D eigenvalue weighted by molar-refractivity contribution is 5.86. The Kier molecular flexibility index (Phi) is 5.77. The van der Waals surface area contributed by atoms with E-state index in [9.17, 15) is 9.59 Å². The van der Waals surface area contributed by atoms with Crippen LogP contribution in [0.4, 0.5) is 0 Å². The molecule has 0 aliphatic carbocycles. The normalized spacial score (nSPS) is 13.7. The minimum Gasteiger partial charge on any atom is -0.299 e. The number of hydrogen-bond donors (Lipinski definition) is 0. The SMILES string of the molecule is CCC(=O)C(CC)CC(C)(C)C(=O)CC. The van der Waals surface area contributed by atoms with Crippen LogP contribution in [0.15, 0.2) is 0 Å². The van der Waals surface area contributed by atoms with Crippen LogP contribution >= 0.6 is 0 Å². The third kappa shape index (κ3) is 4.15. The highest BCUT2D eigenvalue weighted by Crippen LogP contribution is 2.30. The molecule has 0 aliphatic heterocycles. The molecular weight excluding hydrogens is 188 g/mol.